The van der Waals surface area contributed by atoms with Crippen LogP contribution < -0.4 is 10.3 Å². The summed E-state index contributed by atoms with van der Waals surface area (Å²) in [5.74, 6) is 0.467. The van der Waals surface area contributed by atoms with E-state index in [4.69, 9.17) is 10.00 Å². The van der Waals surface area contributed by atoms with E-state index in [1.54, 1.807) is 24.3 Å². The topological polar surface area (TPSA) is 118 Å². The molecule has 0 saturated heterocycles. The minimum absolute atomic E-state index is 0.0962. The monoisotopic (exact) mass is 315 g/mol. The minimum atomic E-state index is -1.02. The number of aliphatic hydroxyl groups is 1. The molecule has 1 aromatic carbocycles. The van der Waals surface area contributed by atoms with Gasteiger partial charge < -0.3 is 14.4 Å². The Balaban J connectivity index is 1.98. The lowest BCUT2D eigenvalue weighted by Gasteiger charge is -2.13. The molecule has 23 heavy (non-hydrogen) atoms. The molecular weight excluding hydrogens is 302 g/mol. The molecule has 1 heterocycles. The number of pyridine rings is 1. The first-order valence-electron chi connectivity index (χ1n) is 6.65. The smallest absolute Gasteiger partial charge is 0.285 e. The summed E-state index contributed by atoms with van der Waals surface area (Å²) in [7, 11) is 0. The van der Waals surface area contributed by atoms with Gasteiger partial charge in [-0.05, 0) is 24.3 Å². The summed E-state index contributed by atoms with van der Waals surface area (Å²) in [4.78, 5) is 21.7. The third-order valence-electron chi connectivity index (χ3n) is 3.01. The summed E-state index contributed by atoms with van der Waals surface area (Å²) in [6.45, 7) is -0.224. The number of aliphatic hydroxyl groups excluding tert-OH is 1. The number of ether oxygens (including phenoxy) is 1. The largest absolute Gasteiger partial charge is 0.491 e. The van der Waals surface area contributed by atoms with Gasteiger partial charge in [-0.3, -0.25) is 14.9 Å². The Bertz CT molecular complexity index is 792. The van der Waals surface area contributed by atoms with Crippen molar-refractivity contribution in [1.82, 2.24) is 4.57 Å². The number of rotatable bonds is 6. The van der Waals surface area contributed by atoms with Crippen LogP contribution in [-0.2, 0) is 6.54 Å². The summed E-state index contributed by atoms with van der Waals surface area (Å²) in [5, 5.41) is 29.3. The van der Waals surface area contributed by atoms with Crippen molar-refractivity contribution in [3.8, 4) is 11.8 Å². The molecule has 1 N–H and O–H groups in total. The van der Waals surface area contributed by atoms with Crippen molar-refractivity contribution in [2.75, 3.05) is 6.61 Å². The molecule has 118 valence electrons. The number of nitrogens with zero attached hydrogens (tertiary/aromatic N) is 3. The highest BCUT2D eigenvalue weighted by Crippen LogP contribution is 2.12. The first-order valence-corrected chi connectivity index (χ1v) is 6.65. The Kier molecular flexibility index (Phi) is 5.07. The maximum atomic E-state index is 11.6. The van der Waals surface area contributed by atoms with Crippen LogP contribution in [0.2, 0.25) is 0 Å². The van der Waals surface area contributed by atoms with Crippen molar-refractivity contribution in [3.63, 3.8) is 0 Å². The van der Waals surface area contributed by atoms with Crippen molar-refractivity contribution in [2.45, 2.75) is 12.6 Å². The van der Waals surface area contributed by atoms with Gasteiger partial charge in [0.05, 0.1) is 29.3 Å². The van der Waals surface area contributed by atoms with E-state index in [9.17, 15) is 20.0 Å². The predicted octanol–water partition coefficient (Wildman–Crippen LogP) is 1.07. The van der Waals surface area contributed by atoms with E-state index in [-0.39, 0.29) is 18.8 Å². The van der Waals surface area contributed by atoms with Gasteiger partial charge in [0.1, 0.15) is 18.5 Å². The molecule has 0 amide bonds. The maximum Gasteiger partial charge on any atom is 0.285 e. The van der Waals surface area contributed by atoms with Gasteiger partial charge in [-0.1, -0.05) is 0 Å². The van der Waals surface area contributed by atoms with Crippen LogP contribution in [0.1, 0.15) is 5.56 Å². The van der Waals surface area contributed by atoms with Crippen LogP contribution in [0.5, 0.6) is 5.75 Å². The summed E-state index contributed by atoms with van der Waals surface area (Å²) >= 11 is 0. The van der Waals surface area contributed by atoms with E-state index < -0.39 is 16.6 Å². The van der Waals surface area contributed by atoms with Crippen molar-refractivity contribution >= 4 is 5.69 Å². The summed E-state index contributed by atoms with van der Waals surface area (Å²) < 4.78 is 6.41. The fourth-order valence-electron chi connectivity index (χ4n) is 1.87. The second-order valence-electron chi connectivity index (χ2n) is 4.74. The second kappa shape index (κ2) is 7.20. The van der Waals surface area contributed by atoms with Gasteiger partial charge in [0.25, 0.3) is 11.2 Å². The lowest BCUT2D eigenvalue weighted by Crippen LogP contribution is -2.29. The number of nitro groups is 1. The quantitative estimate of drug-likeness (QED) is 0.629. The van der Waals surface area contributed by atoms with Crippen LogP contribution >= 0.6 is 0 Å². The SMILES string of the molecule is N#Cc1ccc(OCC(O)Cn2cc([N+](=O)[O-])ccc2=O)cc1. The molecule has 0 aliphatic rings. The van der Waals surface area contributed by atoms with Crippen molar-refractivity contribution in [3.05, 3.63) is 68.6 Å². The second-order valence-corrected chi connectivity index (χ2v) is 4.74. The standard InChI is InChI=1S/C15H13N3O5/c16-7-11-1-4-14(5-2-11)23-10-13(19)9-17-8-12(18(21)22)3-6-15(17)20/h1-6,8,13,19H,9-10H2. The minimum Gasteiger partial charge on any atom is -0.491 e. The van der Waals surface area contributed by atoms with Gasteiger partial charge >= 0.3 is 0 Å². The molecular formula is C15H13N3O5. The highest BCUT2D eigenvalue weighted by Gasteiger charge is 2.12. The van der Waals surface area contributed by atoms with Gasteiger partial charge in [-0.2, -0.15) is 5.26 Å². The molecule has 1 atom stereocenters. The Morgan fingerprint density at radius 2 is 2.00 bits per heavy atom. The molecule has 0 aliphatic heterocycles. The zero-order valence-corrected chi connectivity index (χ0v) is 12.0. The molecule has 0 fully saturated rings. The van der Waals surface area contributed by atoms with Crippen LogP contribution in [0.4, 0.5) is 5.69 Å². The molecule has 1 aromatic heterocycles. The average molecular weight is 315 g/mol. The molecule has 2 rings (SSSR count). The molecule has 8 nitrogen and oxygen atoms in total. The molecule has 0 saturated carbocycles. The van der Waals surface area contributed by atoms with Crippen molar-refractivity contribution in [1.29, 1.82) is 5.26 Å². The fourth-order valence-corrected chi connectivity index (χ4v) is 1.87. The van der Waals surface area contributed by atoms with Crippen LogP contribution in [0.15, 0.2) is 47.4 Å². The van der Waals surface area contributed by atoms with E-state index in [2.05, 4.69) is 0 Å². The summed E-state index contributed by atoms with van der Waals surface area (Å²) in [6, 6.07) is 10.5. The third kappa shape index (κ3) is 4.39. The van der Waals surface area contributed by atoms with E-state index in [0.717, 1.165) is 22.9 Å². The Labute approximate surface area is 130 Å². The number of hydrogen-bond donors (Lipinski definition) is 1. The first-order chi connectivity index (χ1) is 11.0. The Hall–Kier alpha value is -3.18. The molecule has 0 radical (unpaired) electrons. The van der Waals surface area contributed by atoms with Crippen LogP contribution in [0, 0.1) is 21.4 Å². The normalized spacial score (nSPS) is 11.5. The van der Waals surface area contributed by atoms with Gasteiger partial charge in [-0.15, -0.1) is 0 Å². The van der Waals surface area contributed by atoms with E-state index in [0.29, 0.717) is 11.3 Å². The lowest BCUT2D eigenvalue weighted by atomic mass is 10.2. The van der Waals surface area contributed by atoms with Crippen LogP contribution in [0.25, 0.3) is 0 Å². The molecule has 0 spiro atoms. The van der Waals surface area contributed by atoms with E-state index in [1.165, 1.54) is 0 Å². The highest BCUT2D eigenvalue weighted by atomic mass is 16.6. The van der Waals surface area contributed by atoms with Crippen LogP contribution in [0.3, 0.4) is 0 Å². The van der Waals surface area contributed by atoms with Gasteiger partial charge in [0.15, 0.2) is 0 Å². The van der Waals surface area contributed by atoms with Crippen molar-refractivity contribution in [2.24, 2.45) is 0 Å². The highest BCUT2D eigenvalue weighted by molar-refractivity contribution is 5.34. The fraction of sp³-hybridized carbons (Fsp3) is 0.200. The number of hydrogen-bond acceptors (Lipinski definition) is 6. The molecule has 2 aromatic rings. The zero-order valence-electron chi connectivity index (χ0n) is 12.0. The molecule has 1 unspecified atom stereocenters. The van der Waals surface area contributed by atoms with E-state index in [1.807, 2.05) is 6.07 Å². The van der Waals surface area contributed by atoms with Gasteiger partial charge in [0, 0.05) is 12.1 Å². The number of benzene rings is 1. The van der Waals surface area contributed by atoms with E-state index >= 15 is 0 Å². The number of nitriles is 1. The lowest BCUT2D eigenvalue weighted by molar-refractivity contribution is -0.385. The van der Waals surface area contributed by atoms with Gasteiger partial charge in [-0.25, -0.2) is 0 Å². The zero-order chi connectivity index (χ0) is 16.8. The Morgan fingerprint density at radius 1 is 1.30 bits per heavy atom. The molecule has 0 aliphatic carbocycles. The Morgan fingerprint density at radius 3 is 2.61 bits per heavy atom. The van der Waals surface area contributed by atoms with Crippen LogP contribution in [-0.4, -0.2) is 27.3 Å². The van der Waals surface area contributed by atoms with Gasteiger partial charge in [0.2, 0.25) is 0 Å². The molecule has 0 bridgehead atoms. The average Bonchev–Trinajstić information content (AvgIpc) is 2.55. The third-order valence-corrected chi connectivity index (χ3v) is 3.01. The first kappa shape index (κ1) is 16.2. The summed E-state index contributed by atoms with van der Waals surface area (Å²) in [5.41, 5.74) is -0.195. The predicted molar refractivity (Wildman–Crippen MR) is 80.0 cm³/mol. The number of aromatic nitrogens is 1. The molecule has 8 heteroatoms. The maximum absolute atomic E-state index is 11.6. The van der Waals surface area contributed by atoms with Crippen molar-refractivity contribution < 1.29 is 14.8 Å². The summed E-state index contributed by atoms with van der Waals surface area (Å²) in [6.07, 6.45) is 0.0538.